The van der Waals surface area contributed by atoms with E-state index in [0.29, 0.717) is 48.5 Å². The SMILES string of the molecule is CC(C)C(=O)N1CCC(c2cc(-c3ccc(NC(=O)c4c5n(n(-c6ccccc6)c4=O)CCCC5)cc3F)c3c(N)ncnn23)CC1. The number of likely N-dealkylation sites (tertiary alicyclic amines) is 1. The summed E-state index contributed by atoms with van der Waals surface area (Å²) in [4.78, 5) is 45.8. The number of aromatic nitrogens is 5. The highest BCUT2D eigenvalue weighted by Gasteiger charge is 2.30. The summed E-state index contributed by atoms with van der Waals surface area (Å²) in [6, 6.07) is 15.6. The Morgan fingerprint density at radius 2 is 1.77 bits per heavy atom. The zero-order chi connectivity index (χ0) is 32.8. The molecule has 2 aliphatic rings. The van der Waals surface area contributed by atoms with E-state index in [2.05, 4.69) is 15.4 Å². The van der Waals surface area contributed by atoms with Crippen molar-refractivity contribution < 1.29 is 14.0 Å². The number of nitrogens with two attached hydrogens (primary N) is 1. The van der Waals surface area contributed by atoms with Crippen LogP contribution in [0.4, 0.5) is 15.9 Å². The Kier molecular flexibility index (Phi) is 7.86. The fourth-order valence-corrected chi connectivity index (χ4v) is 7.04. The number of amides is 2. The third-order valence-corrected chi connectivity index (χ3v) is 9.36. The van der Waals surface area contributed by atoms with Crippen LogP contribution in [0, 0.1) is 11.7 Å². The molecule has 3 N–H and O–H groups in total. The van der Waals surface area contributed by atoms with E-state index in [1.54, 1.807) is 21.3 Å². The second-order valence-electron chi connectivity index (χ2n) is 12.6. The van der Waals surface area contributed by atoms with Crippen molar-refractivity contribution in [1.29, 1.82) is 0 Å². The summed E-state index contributed by atoms with van der Waals surface area (Å²) in [5.41, 5.74) is 9.81. The highest BCUT2D eigenvalue weighted by atomic mass is 19.1. The maximum Gasteiger partial charge on any atom is 0.284 e. The van der Waals surface area contributed by atoms with Crippen molar-refractivity contribution in [3.05, 3.63) is 94.0 Å². The molecule has 47 heavy (non-hydrogen) atoms. The van der Waals surface area contributed by atoms with Gasteiger partial charge in [-0.15, -0.1) is 0 Å². The number of carbonyl (C=O) groups excluding carboxylic acids is 2. The van der Waals surface area contributed by atoms with Crippen LogP contribution in [0.5, 0.6) is 0 Å². The Labute approximate surface area is 270 Å². The standard InChI is InChI=1S/C35H37FN8O3/c1-21(2)34(46)41-16-13-22(14-17-41)29-19-26(31-32(37)38-20-39-43(29)31)25-12-11-23(18-27(25)36)40-33(45)30-28-10-6-7-15-42(28)44(35(30)47)24-8-4-3-5-9-24/h3-5,8-9,11-12,18-22H,6-7,10,13-17H2,1-2H3,(H,40,45)(H2,37,38,39). The van der Waals surface area contributed by atoms with Gasteiger partial charge in [0.05, 0.1) is 11.4 Å². The molecule has 1 saturated heterocycles. The molecule has 12 heteroatoms. The summed E-state index contributed by atoms with van der Waals surface area (Å²) >= 11 is 0. The van der Waals surface area contributed by atoms with E-state index in [0.717, 1.165) is 31.4 Å². The van der Waals surface area contributed by atoms with Crippen molar-refractivity contribution in [1.82, 2.24) is 28.9 Å². The van der Waals surface area contributed by atoms with Crippen LogP contribution in [-0.4, -0.2) is 53.8 Å². The smallest absolute Gasteiger partial charge is 0.284 e. The fraction of sp³-hybridized carbons (Fsp3) is 0.343. The number of benzene rings is 2. The first-order valence-electron chi connectivity index (χ1n) is 16.1. The van der Waals surface area contributed by atoms with Gasteiger partial charge < -0.3 is 16.0 Å². The van der Waals surface area contributed by atoms with Gasteiger partial charge in [-0.1, -0.05) is 32.0 Å². The van der Waals surface area contributed by atoms with Crippen LogP contribution in [0.15, 0.2) is 65.7 Å². The topological polar surface area (TPSA) is 133 Å². The van der Waals surface area contributed by atoms with E-state index in [9.17, 15) is 14.4 Å². The minimum absolute atomic E-state index is 0.0579. The number of halogens is 1. The quantitative estimate of drug-likeness (QED) is 0.269. The van der Waals surface area contributed by atoms with E-state index in [4.69, 9.17) is 5.73 Å². The van der Waals surface area contributed by atoms with Gasteiger partial charge in [0, 0.05) is 54.0 Å². The summed E-state index contributed by atoms with van der Waals surface area (Å²) in [7, 11) is 0. The van der Waals surface area contributed by atoms with Crippen molar-refractivity contribution in [2.45, 2.75) is 58.4 Å². The minimum atomic E-state index is -0.570. The molecule has 5 aromatic rings. The number of hydrogen-bond donors (Lipinski definition) is 2. The zero-order valence-corrected chi connectivity index (χ0v) is 26.4. The van der Waals surface area contributed by atoms with E-state index in [-0.39, 0.29) is 40.4 Å². The number of nitrogens with one attached hydrogen (secondary N) is 1. The first kappa shape index (κ1) is 30.4. The van der Waals surface area contributed by atoms with Crippen molar-refractivity contribution in [3.63, 3.8) is 0 Å². The predicted molar refractivity (Wildman–Crippen MR) is 177 cm³/mol. The summed E-state index contributed by atoms with van der Waals surface area (Å²) < 4.78 is 21.1. The third-order valence-electron chi connectivity index (χ3n) is 9.36. The van der Waals surface area contributed by atoms with Crippen LogP contribution in [0.3, 0.4) is 0 Å². The molecule has 3 aromatic heterocycles. The van der Waals surface area contributed by atoms with Gasteiger partial charge in [0.15, 0.2) is 5.82 Å². The van der Waals surface area contributed by atoms with Gasteiger partial charge in [-0.3, -0.25) is 19.1 Å². The highest BCUT2D eigenvalue weighted by molar-refractivity contribution is 6.05. The van der Waals surface area contributed by atoms with Crippen LogP contribution in [-0.2, 0) is 17.8 Å². The Morgan fingerprint density at radius 1 is 1.00 bits per heavy atom. The Bertz CT molecular complexity index is 2050. The maximum atomic E-state index is 15.9. The molecular formula is C35H37FN8O3. The number of fused-ring (bicyclic) bond motifs is 2. The minimum Gasteiger partial charge on any atom is -0.382 e. The lowest BCUT2D eigenvalue weighted by Crippen LogP contribution is -2.40. The fourth-order valence-electron chi connectivity index (χ4n) is 7.04. The van der Waals surface area contributed by atoms with Gasteiger partial charge in [0.1, 0.15) is 23.2 Å². The lowest BCUT2D eigenvalue weighted by molar-refractivity contribution is -0.135. The van der Waals surface area contributed by atoms with Gasteiger partial charge >= 0.3 is 0 Å². The van der Waals surface area contributed by atoms with E-state index in [1.165, 1.54) is 12.4 Å². The molecule has 0 radical (unpaired) electrons. The summed E-state index contributed by atoms with van der Waals surface area (Å²) in [6.45, 7) is 5.71. The monoisotopic (exact) mass is 636 g/mol. The first-order valence-corrected chi connectivity index (χ1v) is 16.1. The van der Waals surface area contributed by atoms with Crippen LogP contribution < -0.4 is 16.6 Å². The van der Waals surface area contributed by atoms with Crippen LogP contribution in [0.2, 0.25) is 0 Å². The number of carbonyl (C=O) groups is 2. The van der Waals surface area contributed by atoms with Gasteiger partial charge in [0.25, 0.3) is 11.5 Å². The average Bonchev–Trinajstić information content (AvgIpc) is 3.61. The highest BCUT2D eigenvalue weighted by Crippen LogP contribution is 2.38. The number of anilines is 2. The van der Waals surface area contributed by atoms with Crippen molar-refractivity contribution >= 4 is 28.8 Å². The van der Waals surface area contributed by atoms with E-state index in [1.807, 2.05) is 59.8 Å². The summed E-state index contributed by atoms with van der Waals surface area (Å²) in [5.74, 6) is -0.737. The average molecular weight is 637 g/mol. The van der Waals surface area contributed by atoms with Crippen LogP contribution >= 0.6 is 0 Å². The number of rotatable bonds is 6. The summed E-state index contributed by atoms with van der Waals surface area (Å²) in [5, 5.41) is 7.23. The predicted octanol–water partition coefficient (Wildman–Crippen LogP) is 5.02. The lowest BCUT2D eigenvalue weighted by Gasteiger charge is -2.33. The molecule has 11 nitrogen and oxygen atoms in total. The number of para-hydroxylation sites is 1. The Morgan fingerprint density at radius 3 is 2.49 bits per heavy atom. The molecule has 0 saturated carbocycles. The molecular weight excluding hydrogens is 599 g/mol. The number of nitrogens with zero attached hydrogens (tertiary/aromatic N) is 6. The van der Waals surface area contributed by atoms with Crippen molar-refractivity contribution in [3.8, 4) is 16.8 Å². The van der Waals surface area contributed by atoms with Crippen molar-refractivity contribution in [2.24, 2.45) is 5.92 Å². The Hall–Kier alpha value is -5.26. The largest absolute Gasteiger partial charge is 0.382 e. The van der Waals surface area contributed by atoms with Gasteiger partial charge in [-0.25, -0.2) is 18.6 Å². The number of hydrogen-bond acceptors (Lipinski definition) is 6. The van der Waals surface area contributed by atoms with Gasteiger partial charge in [-0.2, -0.15) is 5.10 Å². The molecule has 2 aromatic carbocycles. The zero-order valence-electron chi connectivity index (χ0n) is 26.4. The summed E-state index contributed by atoms with van der Waals surface area (Å²) in [6.07, 6.45) is 5.26. The first-order chi connectivity index (χ1) is 22.7. The second-order valence-corrected chi connectivity index (χ2v) is 12.6. The molecule has 0 bridgehead atoms. The lowest BCUT2D eigenvalue weighted by atomic mass is 9.92. The molecule has 2 amide bonds. The molecule has 242 valence electrons. The maximum absolute atomic E-state index is 15.9. The van der Waals surface area contributed by atoms with Gasteiger partial charge in [-0.05, 0) is 68.5 Å². The van der Waals surface area contributed by atoms with E-state index < -0.39 is 17.3 Å². The molecule has 7 rings (SSSR count). The van der Waals surface area contributed by atoms with Crippen molar-refractivity contribution in [2.75, 3.05) is 24.1 Å². The molecule has 0 unspecified atom stereocenters. The molecule has 2 aliphatic heterocycles. The molecule has 5 heterocycles. The van der Waals surface area contributed by atoms with Crippen LogP contribution in [0.1, 0.15) is 67.2 Å². The van der Waals surface area contributed by atoms with Gasteiger partial charge in [0.2, 0.25) is 5.91 Å². The Balaban J connectivity index is 1.18. The molecule has 1 fully saturated rings. The second kappa shape index (κ2) is 12.2. The molecule has 0 atom stereocenters. The molecule has 0 spiro atoms. The third kappa shape index (κ3) is 5.37. The number of piperidine rings is 1. The number of nitrogen functional groups attached to an aromatic ring is 1. The molecule has 0 aliphatic carbocycles. The van der Waals surface area contributed by atoms with Crippen LogP contribution in [0.25, 0.3) is 22.3 Å². The van der Waals surface area contributed by atoms with E-state index >= 15 is 4.39 Å². The normalized spacial score (nSPS) is 15.3.